The molecule has 5 nitrogen and oxygen atoms in total. The van der Waals surface area contributed by atoms with Gasteiger partial charge >= 0.3 is 0 Å². The fraction of sp³-hybridized carbons (Fsp3) is 0.455. The van der Waals surface area contributed by atoms with Gasteiger partial charge in [-0.15, -0.1) is 0 Å². The molecule has 150 valence electrons. The van der Waals surface area contributed by atoms with Crippen LogP contribution in [0.5, 0.6) is 0 Å². The van der Waals surface area contributed by atoms with Crippen molar-refractivity contribution in [2.24, 2.45) is 5.41 Å². The smallest absolute Gasteiger partial charge is 0.243 e. The van der Waals surface area contributed by atoms with Crippen LogP contribution in [0.25, 0.3) is 11.1 Å². The van der Waals surface area contributed by atoms with E-state index in [2.05, 4.69) is 24.4 Å². The van der Waals surface area contributed by atoms with Crippen molar-refractivity contribution < 1.29 is 13.2 Å². The van der Waals surface area contributed by atoms with Gasteiger partial charge in [0.1, 0.15) is 0 Å². The molecule has 2 heterocycles. The van der Waals surface area contributed by atoms with Crippen LogP contribution in [0.15, 0.2) is 53.4 Å². The Balaban J connectivity index is 1.50. The zero-order valence-corrected chi connectivity index (χ0v) is 17.2. The van der Waals surface area contributed by atoms with E-state index >= 15 is 0 Å². The van der Waals surface area contributed by atoms with Gasteiger partial charge in [0.15, 0.2) is 0 Å². The highest BCUT2D eigenvalue weighted by molar-refractivity contribution is 7.89. The molecule has 2 aromatic rings. The third-order valence-electron chi connectivity index (χ3n) is 5.62. The lowest BCUT2D eigenvalue weighted by molar-refractivity contribution is -0.0991. The topological polar surface area (TPSA) is 58.6 Å². The normalized spacial score (nSPS) is 19.5. The Morgan fingerprint density at radius 3 is 2.36 bits per heavy atom. The number of sulfonamides is 1. The van der Waals surface area contributed by atoms with Crippen LogP contribution in [0.2, 0.25) is 0 Å². The monoisotopic (exact) mass is 400 g/mol. The van der Waals surface area contributed by atoms with E-state index in [1.807, 2.05) is 24.3 Å². The average molecular weight is 401 g/mol. The molecule has 2 aliphatic rings. The molecule has 0 aromatic heterocycles. The SMILES string of the molecule is CC1(CNCc2ccc(-c3ccccc3S(=O)(=O)N3CCCC3)cc2)COC1. The van der Waals surface area contributed by atoms with Crippen LogP contribution in [0, 0.1) is 5.41 Å². The standard InChI is InChI=1S/C22H28N2O3S/c1-22(16-27-17-22)15-23-14-18-8-10-19(11-9-18)20-6-2-3-7-21(20)28(25,26)24-12-4-5-13-24/h2-3,6-11,23H,4-5,12-17H2,1H3. The van der Waals surface area contributed by atoms with Crippen molar-refractivity contribution in [3.05, 3.63) is 54.1 Å². The molecule has 2 saturated heterocycles. The van der Waals surface area contributed by atoms with Crippen molar-refractivity contribution >= 4 is 10.0 Å². The summed E-state index contributed by atoms with van der Waals surface area (Å²) in [7, 11) is -3.45. The van der Waals surface area contributed by atoms with Gasteiger partial charge in [-0.2, -0.15) is 4.31 Å². The van der Waals surface area contributed by atoms with Gasteiger partial charge in [0.05, 0.1) is 18.1 Å². The molecule has 0 radical (unpaired) electrons. The lowest BCUT2D eigenvalue weighted by atomic mass is 9.89. The minimum Gasteiger partial charge on any atom is -0.380 e. The van der Waals surface area contributed by atoms with Crippen molar-refractivity contribution in [2.75, 3.05) is 32.8 Å². The van der Waals surface area contributed by atoms with Crippen LogP contribution in [0.1, 0.15) is 25.3 Å². The Kier molecular flexibility index (Phi) is 5.56. The number of benzene rings is 2. The van der Waals surface area contributed by atoms with E-state index in [0.717, 1.165) is 50.3 Å². The predicted molar refractivity (Wildman–Crippen MR) is 111 cm³/mol. The van der Waals surface area contributed by atoms with E-state index in [-0.39, 0.29) is 5.41 Å². The van der Waals surface area contributed by atoms with Gasteiger partial charge in [-0.3, -0.25) is 0 Å². The number of hydrogen-bond acceptors (Lipinski definition) is 4. The van der Waals surface area contributed by atoms with Crippen LogP contribution >= 0.6 is 0 Å². The summed E-state index contributed by atoms with van der Waals surface area (Å²) in [6, 6.07) is 15.5. The maximum Gasteiger partial charge on any atom is 0.243 e. The Morgan fingerprint density at radius 2 is 1.71 bits per heavy atom. The van der Waals surface area contributed by atoms with Gasteiger partial charge in [0.2, 0.25) is 10.0 Å². The zero-order chi connectivity index (χ0) is 19.6. The molecule has 2 aromatic carbocycles. The second kappa shape index (κ2) is 7.95. The summed E-state index contributed by atoms with van der Waals surface area (Å²) in [6.07, 6.45) is 1.88. The van der Waals surface area contributed by atoms with Crippen molar-refractivity contribution in [3.8, 4) is 11.1 Å². The molecule has 2 aliphatic heterocycles. The molecular weight excluding hydrogens is 372 g/mol. The van der Waals surface area contributed by atoms with Crippen molar-refractivity contribution in [1.82, 2.24) is 9.62 Å². The summed E-state index contributed by atoms with van der Waals surface area (Å²) in [5.74, 6) is 0. The van der Waals surface area contributed by atoms with E-state index < -0.39 is 10.0 Å². The maximum atomic E-state index is 13.1. The predicted octanol–water partition coefficient (Wildman–Crippen LogP) is 3.26. The zero-order valence-electron chi connectivity index (χ0n) is 16.4. The molecule has 2 fully saturated rings. The molecule has 0 saturated carbocycles. The van der Waals surface area contributed by atoms with Crippen LogP contribution in [-0.2, 0) is 21.3 Å². The van der Waals surface area contributed by atoms with Crippen molar-refractivity contribution in [2.45, 2.75) is 31.2 Å². The molecule has 0 aliphatic carbocycles. The third-order valence-corrected chi connectivity index (χ3v) is 7.57. The molecular formula is C22H28N2O3S. The first-order chi connectivity index (χ1) is 13.5. The van der Waals surface area contributed by atoms with Gasteiger partial charge in [-0.25, -0.2) is 8.42 Å². The molecule has 1 N–H and O–H groups in total. The largest absolute Gasteiger partial charge is 0.380 e. The van der Waals surface area contributed by atoms with Gasteiger partial charge < -0.3 is 10.1 Å². The van der Waals surface area contributed by atoms with Gasteiger partial charge in [0, 0.05) is 37.2 Å². The minimum atomic E-state index is -3.45. The van der Waals surface area contributed by atoms with Gasteiger partial charge in [0.25, 0.3) is 0 Å². The van der Waals surface area contributed by atoms with Crippen molar-refractivity contribution in [3.63, 3.8) is 0 Å². The maximum absolute atomic E-state index is 13.1. The number of hydrogen-bond donors (Lipinski definition) is 1. The molecule has 0 spiro atoms. The quantitative estimate of drug-likeness (QED) is 0.775. The Hall–Kier alpha value is -1.73. The Labute approximate surface area is 167 Å². The Morgan fingerprint density at radius 1 is 1.04 bits per heavy atom. The first kappa shape index (κ1) is 19.6. The number of rotatable bonds is 7. The fourth-order valence-electron chi connectivity index (χ4n) is 3.86. The second-order valence-electron chi connectivity index (χ2n) is 8.21. The summed E-state index contributed by atoms with van der Waals surface area (Å²) in [5.41, 5.74) is 3.14. The van der Waals surface area contributed by atoms with E-state index in [1.54, 1.807) is 16.4 Å². The highest BCUT2D eigenvalue weighted by Crippen LogP contribution is 2.31. The van der Waals surface area contributed by atoms with Crippen LogP contribution < -0.4 is 5.32 Å². The summed E-state index contributed by atoms with van der Waals surface area (Å²) < 4.78 is 33.0. The van der Waals surface area contributed by atoms with E-state index in [1.165, 1.54) is 5.56 Å². The summed E-state index contributed by atoms with van der Waals surface area (Å²) in [4.78, 5) is 0.403. The number of nitrogens with one attached hydrogen (secondary N) is 1. The molecule has 0 unspecified atom stereocenters. The Bertz CT molecular complexity index is 915. The molecule has 0 amide bonds. The molecule has 0 bridgehead atoms. The van der Waals surface area contributed by atoms with E-state index in [0.29, 0.717) is 18.0 Å². The van der Waals surface area contributed by atoms with Gasteiger partial charge in [-0.05, 0) is 30.0 Å². The third kappa shape index (κ3) is 4.01. The van der Waals surface area contributed by atoms with E-state index in [4.69, 9.17) is 4.74 Å². The molecule has 4 rings (SSSR count). The average Bonchev–Trinajstić information content (AvgIpc) is 3.23. The number of nitrogens with zero attached hydrogens (tertiary/aromatic N) is 1. The fourth-order valence-corrected chi connectivity index (χ4v) is 5.59. The molecule has 28 heavy (non-hydrogen) atoms. The van der Waals surface area contributed by atoms with Crippen molar-refractivity contribution in [1.29, 1.82) is 0 Å². The van der Waals surface area contributed by atoms with E-state index in [9.17, 15) is 8.42 Å². The number of ether oxygens (including phenoxy) is 1. The molecule has 6 heteroatoms. The summed E-state index contributed by atoms with van der Waals surface area (Å²) in [5, 5.41) is 3.49. The summed E-state index contributed by atoms with van der Waals surface area (Å²) >= 11 is 0. The lowest BCUT2D eigenvalue weighted by Crippen LogP contribution is -2.47. The van der Waals surface area contributed by atoms with Gasteiger partial charge in [-0.1, -0.05) is 49.4 Å². The molecule has 0 atom stereocenters. The van der Waals surface area contributed by atoms with Crippen LogP contribution in [-0.4, -0.2) is 45.6 Å². The second-order valence-corrected chi connectivity index (χ2v) is 10.1. The highest BCUT2D eigenvalue weighted by Gasteiger charge is 2.32. The first-order valence-electron chi connectivity index (χ1n) is 9.95. The lowest BCUT2D eigenvalue weighted by Gasteiger charge is -2.38. The first-order valence-corrected chi connectivity index (χ1v) is 11.4. The minimum absolute atomic E-state index is 0.253. The van der Waals surface area contributed by atoms with Crippen LogP contribution in [0.4, 0.5) is 0 Å². The summed E-state index contributed by atoms with van der Waals surface area (Å²) in [6.45, 7) is 6.83. The highest BCUT2D eigenvalue weighted by atomic mass is 32.2. The van der Waals surface area contributed by atoms with Crippen LogP contribution in [0.3, 0.4) is 0 Å².